The second-order valence-electron chi connectivity index (χ2n) is 5.20. The van der Waals surface area contributed by atoms with E-state index >= 15 is 0 Å². The summed E-state index contributed by atoms with van der Waals surface area (Å²) in [7, 11) is 0. The molecule has 1 aromatic rings. The number of Topliss-reactive ketones (excluding diaryl/α,β-unsaturated/α-hetero) is 1. The van der Waals surface area contributed by atoms with Crippen LogP contribution in [0.5, 0.6) is 0 Å². The average molecular weight is 216 g/mol. The molecule has 2 rings (SSSR count). The predicted octanol–water partition coefficient (Wildman–Crippen LogP) is 3.98. The van der Waals surface area contributed by atoms with Gasteiger partial charge in [0.05, 0.1) is 0 Å². The van der Waals surface area contributed by atoms with Crippen molar-refractivity contribution in [2.75, 3.05) is 0 Å². The fraction of sp³-hybridized carbons (Fsp3) is 0.533. The van der Waals surface area contributed by atoms with Gasteiger partial charge < -0.3 is 0 Å². The van der Waals surface area contributed by atoms with Gasteiger partial charge >= 0.3 is 0 Å². The third-order valence-electron chi connectivity index (χ3n) is 3.65. The smallest absolute Gasteiger partial charge is 0.163 e. The molecule has 0 radical (unpaired) electrons. The molecule has 1 aliphatic carbocycles. The Kier molecular flexibility index (Phi) is 3.13. The Balaban J connectivity index is 2.21. The van der Waals surface area contributed by atoms with Crippen LogP contribution in [0.2, 0.25) is 0 Å². The lowest BCUT2D eigenvalue weighted by Gasteiger charge is -2.25. The van der Waals surface area contributed by atoms with Gasteiger partial charge in [0.2, 0.25) is 0 Å². The molecule has 0 N–H and O–H groups in total. The molecule has 0 aliphatic heterocycles. The van der Waals surface area contributed by atoms with Crippen LogP contribution >= 0.6 is 0 Å². The molecule has 1 fully saturated rings. The number of aryl methyl sites for hydroxylation is 3. The maximum atomic E-state index is 12.2. The normalized spacial score (nSPS) is 15.9. The highest BCUT2D eigenvalue weighted by Crippen LogP contribution is 2.31. The largest absolute Gasteiger partial charge is 0.294 e. The zero-order valence-corrected chi connectivity index (χ0v) is 10.5. The van der Waals surface area contributed by atoms with E-state index in [1.54, 1.807) is 0 Å². The zero-order valence-electron chi connectivity index (χ0n) is 10.5. The van der Waals surface area contributed by atoms with E-state index in [1.165, 1.54) is 24.8 Å². The lowest BCUT2D eigenvalue weighted by atomic mass is 9.80. The van der Waals surface area contributed by atoms with Gasteiger partial charge in [0, 0.05) is 12.0 Å². The molecular weight excluding hydrogens is 196 g/mol. The van der Waals surface area contributed by atoms with Crippen molar-refractivity contribution in [1.82, 2.24) is 0 Å². The van der Waals surface area contributed by atoms with Gasteiger partial charge in [0.15, 0.2) is 5.78 Å². The predicted molar refractivity (Wildman–Crippen MR) is 66.9 cm³/mol. The molecule has 1 saturated carbocycles. The van der Waals surface area contributed by atoms with Gasteiger partial charge in [-0.2, -0.15) is 0 Å². The molecule has 0 heterocycles. The molecule has 1 aliphatic rings. The molecule has 0 saturated heterocycles. The summed E-state index contributed by atoms with van der Waals surface area (Å²) in [4.78, 5) is 12.2. The van der Waals surface area contributed by atoms with E-state index in [0.717, 1.165) is 23.1 Å². The summed E-state index contributed by atoms with van der Waals surface area (Å²) in [6, 6.07) is 4.22. The number of carbonyl (C=O) groups is 1. The molecule has 0 unspecified atom stereocenters. The molecule has 16 heavy (non-hydrogen) atoms. The van der Waals surface area contributed by atoms with Crippen LogP contribution in [0.15, 0.2) is 12.1 Å². The summed E-state index contributed by atoms with van der Waals surface area (Å²) in [5, 5.41) is 0. The van der Waals surface area contributed by atoms with Crippen LogP contribution in [0, 0.1) is 26.7 Å². The molecule has 0 amide bonds. The quantitative estimate of drug-likeness (QED) is 0.698. The van der Waals surface area contributed by atoms with Crippen LogP contribution in [0.4, 0.5) is 0 Å². The number of hydrogen-bond acceptors (Lipinski definition) is 1. The van der Waals surface area contributed by atoms with E-state index in [4.69, 9.17) is 0 Å². The standard InChI is InChI=1S/C15H20O/c1-10-7-11(2)15(12(3)8-10)14(16)9-13-5-4-6-13/h7-8,13H,4-6,9H2,1-3H3. The highest BCUT2D eigenvalue weighted by Gasteiger charge is 2.22. The number of hydrogen-bond donors (Lipinski definition) is 0. The molecule has 0 atom stereocenters. The third-order valence-corrected chi connectivity index (χ3v) is 3.65. The van der Waals surface area contributed by atoms with Crippen molar-refractivity contribution < 1.29 is 4.79 Å². The second kappa shape index (κ2) is 4.40. The number of benzene rings is 1. The minimum absolute atomic E-state index is 0.347. The maximum absolute atomic E-state index is 12.2. The Bertz CT molecular complexity index is 390. The van der Waals surface area contributed by atoms with Gasteiger partial charge in [-0.3, -0.25) is 4.79 Å². The molecule has 1 nitrogen and oxygen atoms in total. The minimum Gasteiger partial charge on any atom is -0.294 e. The van der Waals surface area contributed by atoms with Gasteiger partial charge in [0.25, 0.3) is 0 Å². The van der Waals surface area contributed by atoms with Gasteiger partial charge in [0.1, 0.15) is 0 Å². The summed E-state index contributed by atoms with van der Waals surface area (Å²) in [6.07, 6.45) is 4.56. The van der Waals surface area contributed by atoms with Crippen molar-refractivity contribution in [3.05, 3.63) is 34.4 Å². The molecule has 0 aromatic heterocycles. The van der Waals surface area contributed by atoms with E-state index in [2.05, 4.69) is 19.1 Å². The van der Waals surface area contributed by atoms with Gasteiger partial charge in [-0.05, 0) is 37.8 Å². The third kappa shape index (κ3) is 2.18. The van der Waals surface area contributed by atoms with Crippen LogP contribution in [-0.2, 0) is 0 Å². The highest BCUT2D eigenvalue weighted by atomic mass is 16.1. The summed E-state index contributed by atoms with van der Waals surface area (Å²) in [5.41, 5.74) is 4.50. The summed E-state index contributed by atoms with van der Waals surface area (Å²) >= 11 is 0. The topological polar surface area (TPSA) is 17.1 Å². The van der Waals surface area contributed by atoms with E-state index < -0.39 is 0 Å². The number of ketones is 1. The van der Waals surface area contributed by atoms with E-state index in [0.29, 0.717) is 11.7 Å². The maximum Gasteiger partial charge on any atom is 0.163 e. The van der Waals surface area contributed by atoms with Crippen molar-refractivity contribution in [3.8, 4) is 0 Å². The molecular formula is C15H20O. The fourth-order valence-corrected chi connectivity index (χ4v) is 2.68. The second-order valence-corrected chi connectivity index (χ2v) is 5.20. The lowest BCUT2D eigenvalue weighted by Crippen LogP contribution is -2.17. The van der Waals surface area contributed by atoms with Gasteiger partial charge in [-0.1, -0.05) is 37.0 Å². The fourth-order valence-electron chi connectivity index (χ4n) is 2.68. The Hall–Kier alpha value is -1.11. The number of carbonyl (C=O) groups excluding carboxylic acids is 1. The monoisotopic (exact) mass is 216 g/mol. The highest BCUT2D eigenvalue weighted by molar-refractivity contribution is 5.99. The first-order valence-corrected chi connectivity index (χ1v) is 6.19. The van der Waals surface area contributed by atoms with Crippen molar-refractivity contribution in [2.45, 2.75) is 46.5 Å². The SMILES string of the molecule is Cc1cc(C)c(C(=O)CC2CCC2)c(C)c1. The van der Waals surface area contributed by atoms with Crippen LogP contribution < -0.4 is 0 Å². The minimum atomic E-state index is 0.347. The first kappa shape index (κ1) is 11.4. The Morgan fingerprint density at radius 2 is 1.75 bits per heavy atom. The first-order chi connectivity index (χ1) is 7.58. The molecule has 0 spiro atoms. The lowest BCUT2D eigenvalue weighted by molar-refractivity contribution is 0.0935. The number of rotatable bonds is 3. The molecule has 1 aromatic carbocycles. The van der Waals surface area contributed by atoms with Crippen LogP contribution in [-0.4, -0.2) is 5.78 Å². The van der Waals surface area contributed by atoms with E-state index in [-0.39, 0.29) is 0 Å². The molecule has 86 valence electrons. The molecule has 0 bridgehead atoms. The Morgan fingerprint density at radius 3 is 2.19 bits per heavy atom. The van der Waals surface area contributed by atoms with Gasteiger partial charge in [-0.25, -0.2) is 0 Å². The summed E-state index contributed by atoms with van der Waals surface area (Å²) in [5.74, 6) is 1.01. The van der Waals surface area contributed by atoms with Crippen molar-refractivity contribution in [2.24, 2.45) is 5.92 Å². The van der Waals surface area contributed by atoms with Crippen molar-refractivity contribution in [3.63, 3.8) is 0 Å². The van der Waals surface area contributed by atoms with Crippen molar-refractivity contribution >= 4 is 5.78 Å². The van der Waals surface area contributed by atoms with E-state index in [1.807, 2.05) is 13.8 Å². The zero-order chi connectivity index (χ0) is 11.7. The van der Waals surface area contributed by atoms with Crippen LogP contribution in [0.3, 0.4) is 0 Å². The van der Waals surface area contributed by atoms with E-state index in [9.17, 15) is 4.79 Å². The Morgan fingerprint density at radius 1 is 1.19 bits per heavy atom. The van der Waals surface area contributed by atoms with Crippen molar-refractivity contribution in [1.29, 1.82) is 0 Å². The summed E-state index contributed by atoms with van der Waals surface area (Å²) in [6.45, 7) is 6.18. The van der Waals surface area contributed by atoms with Gasteiger partial charge in [-0.15, -0.1) is 0 Å². The van der Waals surface area contributed by atoms with Crippen LogP contribution in [0.25, 0.3) is 0 Å². The van der Waals surface area contributed by atoms with Crippen LogP contribution in [0.1, 0.15) is 52.7 Å². The Labute approximate surface area is 97.9 Å². The average Bonchev–Trinajstić information content (AvgIpc) is 2.09. The summed E-state index contributed by atoms with van der Waals surface area (Å²) < 4.78 is 0. The first-order valence-electron chi connectivity index (χ1n) is 6.19. The molecule has 1 heteroatoms.